The summed E-state index contributed by atoms with van der Waals surface area (Å²) < 4.78 is 13.8. The van der Waals surface area contributed by atoms with Crippen LogP contribution in [0.15, 0.2) is 24.3 Å². The maximum atomic E-state index is 13.8. The van der Waals surface area contributed by atoms with Gasteiger partial charge in [-0.15, -0.1) is 0 Å². The van der Waals surface area contributed by atoms with Gasteiger partial charge in [-0.05, 0) is 45.2 Å². The summed E-state index contributed by atoms with van der Waals surface area (Å²) in [5.74, 6) is -0.845. The molecule has 0 fully saturated rings. The van der Waals surface area contributed by atoms with Crippen molar-refractivity contribution in [2.75, 3.05) is 0 Å². The topological polar surface area (TPSA) is 37.3 Å². The molecule has 0 saturated carbocycles. The summed E-state index contributed by atoms with van der Waals surface area (Å²) in [6.07, 6.45) is 0.395. The second-order valence-electron chi connectivity index (χ2n) is 5.54. The highest BCUT2D eigenvalue weighted by Crippen LogP contribution is 2.28. The van der Waals surface area contributed by atoms with Crippen LogP contribution in [0.2, 0.25) is 0 Å². The first kappa shape index (κ1) is 13.7. The fraction of sp³-hybridized carbons (Fsp3) is 0.500. The van der Waals surface area contributed by atoms with Crippen molar-refractivity contribution in [1.29, 1.82) is 0 Å². The molecule has 0 amide bonds. The van der Waals surface area contributed by atoms with Crippen LogP contribution in [-0.4, -0.2) is 11.1 Å². The molecule has 1 aromatic rings. The maximum Gasteiger partial charge on any atom is 0.309 e. The van der Waals surface area contributed by atoms with Crippen LogP contribution in [0, 0.1) is 5.41 Å². The van der Waals surface area contributed by atoms with Crippen LogP contribution in [0.3, 0.4) is 0 Å². The Bertz CT molecular complexity index is 416. The zero-order valence-corrected chi connectivity index (χ0v) is 10.7. The second kappa shape index (κ2) is 4.47. The quantitative estimate of drug-likeness (QED) is 0.871. The highest BCUT2D eigenvalue weighted by atomic mass is 19.1. The summed E-state index contributed by atoms with van der Waals surface area (Å²) in [6.45, 7) is 6.33. The van der Waals surface area contributed by atoms with E-state index in [2.05, 4.69) is 0 Å². The zero-order chi connectivity index (χ0) is 13.3. The number of carboxylic acid groups (broad SMARTS) is 1. The van der Waals surface area contributed by atoms with E-state index in [4.69, 9.17) is 5.11 Å². The van der Waals surface area contributed by atoms with Crippen molar-refractivity contribution in [3.63, 3.8) is 0 Å². The molecule has 0 atom stereocenters. The van der Waals surface area contributed by atoms with Crippen molar-refractivity contribution in [2.45, 2.75) is 39.8 Å². The molecule has 0 aliphatic carbocycles. The summed E-state index contributed by atoms with van der Waals surface area (Å²) in [6, 6.07) is 7.06. The summed E-state index contributed by atoms with van der Waals surface area (Å²) in [7, 11) is 0. The van der Waals surface area contributed by atoms with Crippen molar-refractivity contribution in [1.82, 2.24) is 0 Å². The van der Waals surface area contributed by atoms with E-state index in [0.717, 1.165) is 5.56 Å². The lowest BCUT2D eigenvalue weighted by molar-refractivity contribution is -0.146. The van der Waals surface area contributed by atoms with Crippen molar-refractivity contribution >= 4 is 5.97 Å². The van der Waals surface area contributed by atoms with Crippen molar-refractivity contribution < 1.29 is 14.3 Å². The first-order valence-corrected chi connectivity index (χ1v) is 5.65. The summed E-state index contributed by atoms with van der Waals surface area (Å²) in [4.78, 5) is 11.0. The number of alkyl halides is 1. The molecule has 0 bridgehead atoms. The number of hydrogen-bond acceptors (Lipinski definition) is 1. The third kappa shape index (κ3) is 3.55. The summed E-state index contributed by atoms with van der Waals surface area (Å²) >= 11 is 0. The Labute approximate surface area is 101 Å². The molecule has 0 aliphatic rings. The van der Waals surface area contributed by atoms with Gasteiger partial charge in [0.1, 0.15) is 5.67 Å². The molecule has 1 N–H and O–H groups in total. The molecule has 17 heavy (non-hydrogen) atoms. The lowest BCUT2D eigenvalue weighted by Gasteiger charge is -2.21. The van der Waals surface area contributed by atoms with Crippen molar-refractivity contribution in [3.05, 3.63) is 35.4 Å². The highest BCUT2D eigenvalue weighted by molar-refractivity contribution is 5.74. The van der Waals surface area contributed by atoms with Gasteiger partial charge >= 0.3 is 5.97 Å². The van der Waals surface area contributed by atoms with Gasteiger partial charge in [0.05, 0.1) is 5.41 Å². The Morgan fingerprint density at radius 3 is 2.35 bits per heavy atom. The fourth-order valence-electron chi connectivity index (χ4n) is 1.64. The number of hydrogen-bond donors (Lipinski definition) is 1. The molecule has 0 unspecified atom stereocenters. The van der Waals surface area contributed by atoms with E-state index in [0.29, 0.717) is 12.0 Å². The van der Waals surface area contributed by atoms with E-state index in [1.807, 2.05) is 6.07 Å². The van der Waals surface area contributed by atoms with Gasteiger partial charge in [-0.1, -0.05) is 24.3 Å². The van der Waals surface area contributed by atoms with Crippen LogP contribution in [0.25, 0.3) is 0 Å². The van der Waals surface area contributed by atoms with Crippen LogP contribution in [0.4, 0.5) is 4.39 Å². The molecule has 0 aromatic heterocycles. The van der Waals surface area contributed by atoms with Gasteiger partial charge in [0.15, 0.2) is 0 Å². The number of halogens is 1. The third-order valence-corrected chi connectivity index (χ3v) is 2.84. The minimum Gasteiger partial charge on any atom is -0.481 e. The molecule has 1 aromatic carbocycles. The van der Waals surface area contributed by atoms with E-state index in [1.165, 1.54) is 13.8 Å². The Morgan fingerprint density at radius 2 is 1.88 bits per heavy atom. The van der Waals surface area contributed by atoms with Gasteiger partial charge in [-0.2, -0.15) is 0 Å². The predicted octanol–water partition coefficient (Wildman–Crippen LogP) is 3.54. The average molecular weight is 238 g/mol. The van der Waals surface area contributed by atoms with Gasteiger partial charge in [-0.25, -0.2) is 4.39 Å². The highest BCUT2D eigenvalue weighted by Gasteiger charge is 2.28. The molecule has 0 aliphatic heterocycles. The van der Waals surface area contributed by atoms with Gasteiger partial charge in [0, 0.05) is 0 Å². The molecule has 0 heterocycles. The average Bonchev–Trinajstić information content (AvgIpc) is 2.15. The normalized spacial score (nSPS) is 12.5. The lowest BCUT2D eigenvalue weighted by atomic mass is 9.84. The van der Waals surface area contributed by atoms with E-state index in [-0.39, 0.29) is 0 Å². The molecular weight excluding hydrogens is 219 g/mol. The first-order chi connectivity index (χ1) is 7.63. The van der Waals surface area contributed by atoms with E-state index < -0.39 is 17.1 Å². The first-order valence-electron chi connectivity index (χ1n) is 5.65. The molecule has 0 spiro atoms. The SMILES string of the molecule is CC(C)(Cc1cccc(C(C)(C)F)c1)C(=O)O. The number of aliphatic carboxylic acids is 1. The van der Waals surface area contributed by atoms with Gasteiger partial charge in [0.2, 0.25) is 0 Å². The van der Waals surface area contributed by atoms with Crippen LogP contribution >= 0.6 is 0 Å². The Hall–Kier alpha value is -1.38. The van der Waals surface area contributed by atoms with Gasteiger partial charge in [-0.3, -0.25) is 4.79 Å². The van der Waals surface area contributed by atoms with Crippen molar-refractivity contribution in [2.24, 2.45) is 5.41 Å². The predicted molar refractivity (Wildman–Crippen MR) is 65.7 cm³/mol. The van der Waals surface area contributed by atoms with E-state index in [1.54, 1.807) is 32.0 Å². The molecule has 1 rings (SSSR count). The van der Waals surface area contributed by atoms with Crippen LogP contribution < -0.4 is 0 Å². The smallest absolute Gasteiger partial charge is 0.309 e. The fourth-order valence-corrected chi connectivity index (χ4v) is 1.64. The second-order valence-corrected chi connectivity index (χ2v) is 5.54. The van der Waals surface area contributed by atoms with E-state index >= 15 is 0 Å². The number of carbonyl (C=O) groups is 1. The minimum atomic E-state index is -1.40. The Kier molecular flexibility index (Phi) is 3.60. The molecular formula is C14H19FO2. The van der Waals surface area contributed by atoms with Crippen LogP contribution in [0.1, 0.15) is 38.8 Å². The zero-order valence-electron chi connectivity index (χ0n) is 10.7. The van der Waals surface area contributed by atoms with Crippen LogP contribution in [-0.2, 0) is 16.9 Å². The standard InChI is InChI=1S/C14H19FO2/c1-13(2,12(16)17)9-10-6-5-7-11(8-10)14(3,4)15/h5-8H,9H2,1-4H3,(H,16,17). The minimum absolute atomic E-state index is 0.395. The van der Waals surface area contributed by atoms with Crippen LogP contribution in [0.5, 0.6) is 0 Å². The molecule has 2 nitrogen and oxygen atoms in total. The molecule has 0 saturated heterocycles. The monoisotopic (exact) mass is 238 g/mol. The molecule has 3 heteroatoms. The maximum absolute atomic E-state index is 13.8. The Balaban J connectivity index is 2.98. The number of carboxylic acids is 1. The largest absolute Gasteiger partial charge is 0.481 e. The lowest BCUT2D eigenvalue weighted by Crippen LogP contribution is -2.26. The third-order valence-electron chi connectivity index (χ3n) is 2.84. The summed E-state index contributed by atoms with van der Waals surface area (Å²) in [5, 5.41) is 9.06. The van der Waals surface area contributed by atoms with Gasteiger partial charge in [0.25, 0.3) is 0 Å². The number of benzene rings is 1. The van der Waals surface area contributed by atoms with Gasteiger partial charge < -0.3 is 5.11 Å². The Morgan fingerprint density at radius 1 is 1.29 bits per heavy atom. The molecule has 0 radical (unpaired) electrons. The van der Waals surface area contributed by atoms with E-state index in [9.17, 15) is 9.18 Å². The summed E-state index contributed by atoms with van der Waals surface area (Å²) in [5.41, 5.74) is -0.806. The van der Waals surface area contributed by atoms with Crippen molar-refractivity contribution in [3.8, 4) is 0 Å². The molecule has 94 valence electrons. The number of rotatable bonds is 4.